The molecule has 1 aliphatic heterocycles. The molecule has 0 amide bonds. The van der Waals surface area contributed by atoms with Crippen LogP contribution in [0.4, 0.5) is 4.39 Å². The Hall–Kier alpha value is -1.38. The summed E-state index contributed by atoms with van der Waals surface area (Å²) in [6, 6.07) is 3.71. The first-order chi connectivity index (χ1) is 6.77. The lowest BCUT2D eigenvalue weighted by molar-refractivity contribution is 0.487. The second-order valence-electron chi connectivity index (χ2n) is 3.93. The van der Waals surface area contributed by atoms with Gasteiger partial charge in [-0.15, -0.1) is 0 Å². The summed E-state index contributed by atoms with van der Waals surface area (Å²) in [6.45, 7) is 2.15. The summed E-state index contributed by atoms with van der Waals surface area (Å²) in [6.07, 6.45) is 3.65. The molecule has 0 N–H and O–H groups in total. The van der Waals surface area contributed by atoms with Gasteiger partial charge >= 0.3 is 0 Å². The maximum absolute atomic E-state index is 13.5. The summed E-state index contributed by atoms with van der Waals surface area (Å²) in [5.74, 6) is -0.0915. The molecule has 2 heterocycles. The highest BCUT2D eigenvalue weighted by Gasteiger charge is 2.20. The van der Waals surface area contributed by atoms with Gasteiger partial charge in [-0.2, -0.15) is 0 Å². The monoisotopic (exact) mass is 190 g/mol. The Labute approximate surface area is 81.4 Å². The number of halogens is 1. The normalized spacial score (nSPS) is 20.3. The van der Waals surface area contributed by atoms with Gasteiger partial charge in [0.2, 0.25) is 0 Å². The first-order valence-corrected chi connectivity index (χ1v) is 4.91. The van der Waals surface area contributed by atoms with E-state index >= 15 is 0 Å². The number of aromatic nitrogens is 2. The van der Waals surface area contributed by atoms with Crippen LogP contribution in [-0.4, -0.2) is 9.55 Å². The summed E-state index contributed by atoms with van der Waals surface area (Å²) in [5, 5.41) is 0. The molecule has 0 radical (unpaired) electrons. The number of hydrogen-bond acceptors (Lipinski definition) is 1. The van der Waals surface area contributed by atoms with Crippen molar-refractivity contribution in [3.63, 3.8) is 0 Å². The van der Waals surface area contributed by atoms with Gasteiger partial charge in [0.05, 0.1) is 17.4 Å². The fourth-order valence-corrected chi connectivity index (χ4v) is 2.24. The van der Waals surface area contributed by atoms with Crippen LogP contribution in [0.25, 0.3) is 11.0 Å². The fourth-order valence-electron chi connectivity index (χ4n) is 2.24. The maximum atomic E-state index is 13.5. The van der Waals surface area contributed by atoms with Crippen molar-refractivity contribution >= 4 is 11.0 Å². The van der Waals surface area contributed by atoms with Crippen molar-refractivity contribution in [3.05, 3.63) is 29.8 Å². The predicted molar refractivity (Wildman–Crippen MR) is 52.7 cm³/mol. The minimum atomic E-state index is -0.0915. The van der Waals surface area contributed by atoms with E-state index in [1.54, 1.807) is 6.07 Å². The molecule has 1 unspecified atom stereocenters. The highest BCUT2D eigenvalue weighted by Crippen LogP contribution is 2.31. The summed E-state index contributed by atoms with van der Waals surface area (Å²) < 4.78 is 15.6. The van der Waals surface area contributed by atoms with Gasteiger partial charge in [-0.1, -0.05) is 0 Å². The molecule has 2 nitrogen and oxygen atoms in total. The largest absolute Gasteiger partial charge is 0.327 e. The SMILES string of the molecule is CC1CCc2c(F)ccc3ncn1c23. The summed E-state index contributed by atoms with van der Waals surface area (Å²) in [5.41, 5.74) is 2.73. The van der Waals surface area contributed by atoms with Gasteiger partial charge in [-0.3, -0.25) is 0 Å². The van der Waals surface area contributed by atoms with Gasteiger partial charge in [0.25, 0.3) is 0 Å². The third kappa shape index (κ3) is 0.870. The van der Waals surface area contributed by atoms with Crippen molar-refractivity contribution in [1.29, 1.82) is 0 Å². The summed E-state index contributed by atoms with van der Waals surface area (Å²) in [7, 11) is 0. The zero-order valence-corrected chi connectivity index (χ0v) is 8.00. The molecule has 0 spiro atoms. The number of benzene rings is 1. The predicted octanol–water partition coefficient (Wildman–Crippen LogP) is 2.68. The first kappa shape index (κ1) is 7.97. The third-order valence-corrected chi connectivity index (χ3v) is 3.07. The van der Waals surface area contributed by atoms with Crippen molar-refractivity contribution in [2.24, 2.45) is 0 Å². The van der Waals surface area contributed by atoms with Gasteiger partial charge in [0.15, 0.2) is 0 Å². The summed E-state index contributed by atoms with van der Waals surface area (Å²) in [4.78, 5) is 4.28. The minimum Gasteiger partial charge on any atom is -0.327 e. The Morgan fingerprint density at radius 3 is 3.21 bits per heavy atom. The van der Waals surface area contributed by atoms with Crippen LogP contribution in [0.2, 0.25) is 0 Å². The van der Waals surface area contributed by atoms with E-state index < -0.39 is 0 Å². The molecule has 14 heavy (non-hydrogen) atoms. The van der Waals surface area contributed by atoms with E-state index in [2.05, 4.69) is 16.5 Å². The molecule has 0 saturated carbocycles. The highest BCUT2D eigenvalue weighted by molar-refractivity contribution is 5.80. The number of nitrogens with zero attached hydrogens (tertiary/aromatic N) is 2. The van der Waals surface area contributed by atoms with Crippen molar-refractivity contribution in [2.75, 3.05) is 0 Å². The van der Waals surface area contributed by atoms with Crippen molar-refractivity contribution < 1.29 is 4.39 Å². The topological polar surface area (TPSA) is 17.8 Å². The van der Waals surface area contributed by atoms with Gasteiger partial charge in [-0.05, 0) is 31.9 Å². The van der Waals surface area contributed by atoms with Gasteiger partial charge in [0, 0.05) is 11.6 Å². The van der Waals surface area contributed by atoms with Crippen molar-refractivity contribution in [3.8, 4) is 0 Å². The zero-order chi connectivity index (χ0) is 9.71. The van der Waals surface area contributed by atoms with E-state index in [0.717, 1.165) is 29.4 Å². The molecule has 0 saturated heterocycles. The number of imidazole rings is 1. The smallest absolute Gasteiger partial charge is 0.128 e. The van der Waals surface area contributed by atoms with Crippen LogP contribution in [0.15, 0.2) is 18.5 Å². The lowest BCUT2D eigenvalue weighted by atomic mass is 9.99. The van der Waals surface area contributed by atoms with Crippen LogP contribution < -0.4 is 0 Å². The molecule has 0 aliphatic carbocycles. The quantitative estimate of drug-likeness (QED) is 0.624. The van der Waals surface area contributed by atoms with E-state index in [4.69, 9.17) is 0 Å². The maximum Gasteiger partial charge on any atom is 0.128 e. The molecule has 3 heteroatoms. The van der Waals surface area contributed by atoms with E-state index in [9.17, 15) is 4.39 Å². The third-order valence-electron chi connectivity index (χ3n) is 3.07. The molecular weight excluding hydrogens is 179 g/mol. The van der Waals surface area contributed by atoms with Crippen LogP contribution in [0.1, 0.15) is 24.9 Å². The lowest BCUT2D eigenvalue weighted by Gasteiger charge is -2.21. The van der Waals surface area contributed by atoms with Crippen molar-refractivity contribution in [2.45, 2.75) is 25.8 Å². The van der Waals surface area contributed by atoms with Crippen LogP contribution in [-0.2, 0) is 6.42 Å². The van der Waals surface area contributed by atoms with E-state index in [-0.39, 0.29) is 5.82 Å². The average molecular weight is 190 g/mol. The number of aryl methyl sites for hydroxylation is 1. The Kier molecular flexibility index (Phi) is 1.46. The molecule has 1 atom stereocenters. The van der Waals surface area contributed by atoms with E-state index in [1.807, 2.05) is 6.33 Å². The Morgan fingerprint density at radius 2 is 2.36 bits per heavy atom. The molecule has 72 valence electrons. The van der Waals surface area contributed by atoms with Crippen LogP contribution >= 0.6 is 0 Å². The zero-order valence-electron chi connectivity index (χ0n) is 8.00. The second-order valence-corrected chi connectivity index (χ2v) is 3.93. The van der Waals surface area contributed by atoms with Crippen LogP contribution in [0.5, 0.6) is 0 Å². The Balaban J connectivity index is 2.46. The van der Waals surface area contributed by atoms with Gasteiger partial charge in [-0.25, -0.2) is 9.37 Å². The Morgan fingerprint density at radius 1 is 1.50 bits per heavy atom. The fraction of sp³-hybridized carbons (Fsp3) is 0.364. The second kappa shape index (κ2) is 2.56. The molecule has 1 aliphatic rings. The first-order valence-electron chi connectivity index (χ1n) is 4.91. The molecule has 0 fully saturated rings. The van der Waals surface area contributed by atoms with Crippen molar-refractivity contribution in [1.82, 2.24) is 9.55 Å². The van der Waals surface area contributed by atoms with Gasteiger partial charge in [0.1, 0.15) is 5.82 Å². The molecule has 0 bridgehead atoms. The average Bonchev–Trinajstić information content (AvgIpc) is 2.60. The van der Waals surface area contributed by atoms with E-state index in [0.29, 0.717) is 6.04 Å². The molecule has 1 aromatic carbocycles. The standard InChI is InChI=1S/C11H11FN2/c1-7-2-3-8-9(12)4-5-10-11(8)14(7)6-13-10/h4-7H,2-3H2,1H3. The Bertz CT molecular complexity index is 501. The molecule has 2 aromatic rings. The van der Waals surface area contributed by atoms with Crippen LogP contribution in [0.3, 0.4) is 0 Å². The van der Waals surface area contributed by atoms with Crippen LogP contribution in [0, 0.1) is 5.82 Å². The number of rotatable bonds is 0. The lowest BCUT2D eigenvalue weighted by Crippen LogP contribution is -2.12. The summed E-state index contributed by atoms with van der Waals surface area (Å²) >= 11 is 0. The highest BCUT2D eigenvalue weighted by atomic mass is 19.1. The molecule has 1 aromatic heterocycles. The molecule has 3 rings (SSSR count). The number of hydrogen-bond donors (Lipinski definition) is 0. The van der Waals surface area contributed by atoms with Gasteiger partial charge < -0.3 is 4.57 Å². The molecular formula is C11H11FN2. The minimum absolute atomic E-state index is 0.0915. The van der Waals surface area contributed by atoms with E-state index in [1.165, 1.54) is 6.07 Å².